The van der Waals surface area contributed by atoms with E-state index in [-0.39, 0.29) is 23.9 Å². The molecule has 124 valence electrons. The van der Waals surface area contributed by atoms with E-state index in [1.54, 1.807) is 0 Å². The molecule has 0 aromatic rings. The summed E-state index contributed by atoms with van der Waals surface area (Å²) in [4.78, 5) is 28.5. The van der Waals surface area contributed by atoms with Gasteiger partial charge in [-0.15, -0.1) is 0 Å². The van der Waals surface area contributed by atoms with Gasteiger partial charge in [0.2, 0.25) is 11.8 Å². The third-order valence-corrected chi connectivity index (χ3v) is 5.34. The molecule has 2 saturated heterocycles. The molecule has 22 heavy (non-hydrogen) atoms. The summed E-state index contributed by atoms with van der Waals surface area (Å²) in [6, 6.07) is 0.255. The highest BCUT2D eigenvalue weighted by Gasteiger charge is 2.37. The Morgan fingerprint density at radius 1 is 1.23 bits per heavy atom. The van der Waals surface area contributed by atoms with Crippen molar-refractivity contribution in [1.29, 1.82) is 0 Å². The number of piperidine rings is 1. The van der Waals surface area contributed by atoms with Crippen molar-refractivity contribution < 1.29 is 9.59 Å². The van der Waals surface area contributed by atoms with Crippen LogP contribution in [0.1, 0.15) is 40.0 Å². The lowest BCUT2D eigenvalue weighted by Gasteiger charge is -2.36. The van der Waals surface area contributed by atoms with E-state index in [4.69, 9.17) is 0 Å². The van der Waals surface area contributed by atoms with E-state index >= 15 is 0 Å². The molecule has 1 N–H and O–H groups in total. The summed E-state index contributed by atoms with van der Waals surface area (Å²) in [5.41, 5.74) is 0.350. The van der Waals surface area contributed by atoms with E-state index in [2.05, 4.69) is 16.8 Å². The van der Waals surface area contributed by atoms with Crippen molar-refractivity contribution in [2.75, 3.05) is 26.7 Å². The van der Waals surface area contributed by atoms with Gasteiger partial charge >= 0.3 is 0 Å². The molecule has 2 aliphatic rings. The number of hydrogen-bond donors (Lipinski definition) is 1. The maximum Gasteiger partial charge on any atom is 0.239 e. The average molecular weight is 307 g/mol. The summed E-state index contributed by atoms with van der Waals surface area (Å²) in [5.74, 6) is 0.293. The van der Waals surface area contributed by atoms with Gasteiger partial charge in [-0.25, -0.2) is 0 Å². The smallest absolute Gasteiger partial charge is 0.239 e. The van der Waals surface area contributed by atoms with Gasteiger partial charge in [0.1, 0.15) is 0 Å². The third kappa shape index (κ3) is 3.35. The number of carbonyl (C=O) groups is 2. The predicted molar refractivity (Wildman–Crippen MR) is 87.4 cm³/mol. The lowest BCUT2D eigenvalue weighted by Crippen LogP contribution is -2.51. The molecule has 2 rings (SSSR count). The molecule has 2 aliphatic heterocycles. The highest BCUT2D eigenvalue weighted by atomic mass is 16.2. The predicted octanol–water partition coefficient (Wildman–Crippen LogP) is 1.40. The number of carbonyl (C=O) groups excluding carboxylic acids is 2. The summed E-state index contributed by atoms with van der Waals surface area (Å²) >= 11 is 0. The first-order chi connectivity index (χ1) is 10.2. The molecule has 5 heteroatoms. The lowest BCUT2D eigenvalue weighted by molar-refractivity contribution is -0.132. The van der Waals surface area contributed by atoms with Gasteiger partial charge in [0.25, 0.3) is 0 Å². The van der Waals surface area contributed by atoms with Crippen LogP contribution >= 0.6 is 0 Å². The van der Waals surface area contributed by atoms with E-state index < -0.39 is 5.41 Å². The maximum atomic E-state index is 12.4. The Morgan fingerprint density at radius 3 is 2.27 bits per heavy atom. The highest BCUT2D eigenvalue weighted by Crippen LogP contribution is 2.26. The second-order valence-corrected chi connectivity index (χ2v) is 7.25. The minimum atomic E-state index is -0.527. The quantitative estimate of drug-likeness (QED) is 0.799. The first-order valence-electron chi connectivity index (χ1n) is 8.19. The summed E-state index contributed by atoms with van der Waals surface area (Å²) in [7, 11) is 1.87. The van der Waals surface area contributed by atoms with Crippen LogP contribution in [0.2, 0.25) is 0 Å². The summed E-state index contributed by atoms with van der Waals surface area (Å²) < 4.78 is 0. The molecule has 2 amide bonds. The second kappa shape index (κ2) is 6.41. The number of hydrogen-bond acceptors (Lipinski definition) is 3. The van der Waals surface area contributed by atoms with Gasteiger partial charge in [0.05, 0.1) is 11.5 Å². The van der Waals surface area contributed by atoms with Gasteiger partial charge in [-0.3, -0.25) is 14.5 Å². The van der Waals surface area contributed by atoms with Crippen molar-refractivity contribution in [3.05, 3.63) is 12.2 Å². The van der Waals surface area contributed by atoms with Gasteiger partial charge in [-0.2, -0.15) is 0 Å². The van der Waals surface area contributed by atoms with Crippen LogP contribution in [0.15, 0.2) is 12.2 Å². The molecule has 1 atom stereocenters. The molecule has 0 aromatic carbocycles. The molecule has 0 radical (unpaired) electrons. The fourth-order valence-corrected chi connectivity index (χ4v) is 3.06. The molecule has 0 aromatic heterocycles. The Kier molecular flexibility index (Phi) is 4.95. The van der Waals surface area contributed by atoms with Crippen molar-refractivity contribution in [2.45, 2.75) is 52.1 Å². The standard InChI is InChI=1S/C17H29N3O2/c1-12(2)17(3,4)16(22)18-13-6-10-20(11-7-13)14-8-9-19(5)15(14)21/h13-14H,1,6-11H2,2-5H3,(H,18,22). The largest absolute Gasteiger partial charge is 0.353 e. The Bertz CT molecular complexity index is 465. The fourth-order valence-electron chi connectivity index (χ4n) is 3.06. The average Bonchev–Trinajstić information content (AvgIpc) is 2.79. The van der Waals surface area contributed by atoms with Crippen molar-refractivity contribution in [1.82, 2.24) is 15.1 Å². The van der Waals surface area contributed by atoms with E-state index in [9.17, 15) is 9.59 Å². The number of amides is 2. The molecule has 0 spiro atoms. The van der Waals surface area contributed by atoms with Crippen LogP contribution < -0.4 is 5.32 Å². The first-order valence-corrected chi connectivity index (χ1v) is 8.19. The van der Waals surface area contributed by atoms with Crippen LogP contribution in [0.25, 0.3) is 0 Å². The fraction of sp³-hybridized carbons (Fsp3) is 0.765. The molecule has 0 saturated carbocycles. The first kappa shape index (κ1) is 17.0. The highest BCUT2D eigenvalue weighted by molar-refractivity contribution is 5.85. The Labute approximate surface area is 133 Å². The molecule has 2 fully saturated rings. The molecule has 0 aliphatic carbocycles. The Hall–Kier alpha value is -1.36. The van der Waals surface area contributed by atoms with E-state index in [1.165, 1.54) is 0 Å². The molecule has 5 nitrogen and oxygen atoms in total. The van der Waals surface area contributed by atoms with E-state index in [0.717, 1.165) is 44.5 Å². The Balaban J connectivity index is 1.84. The number of likely N-dealkylation sites (tertiary alicyclic amines) is 2. The van der Waals surface area contributed by atoms with Gasteiger partial charge in [0, 0.05) is 32.7 Å². The maximum absolute atomic E-state index is 12.4. The SMILES string of the molecule is C=C(C)C(C)(C)C(=O)NC1CCN(C2CCN(C)C2=O)CC1. The zero-order valence-corrected chi connectivity index (χ0v) is 14.3. The summed E-state index contributed by atoms with van der Waals surface area (Å²) in [6.07, 6.45) is 2.74. The normalized spacial score (nSPS) is 24.6. The van der Waals surface area contributed by atoms with E-state index in [1.807, 2.05) is 32.7 Å². The summed E-state index contributed by atoms with van der Waals surface area (Å²) in [5, 5.41) is 3.15. The molecule has 1 unspecified atom stereocenters. The van der Waals surface area contributed by atoms with Crippen molar-refractivity contribution in [2.24, 2.45) is 5.41 Å². The van der Waals surface area contributed by atoms with Crippen LogP contribution in [0.3, 0.4) is 0 Å². The molecule has 2 heterocycles. The molecular formula is C17H29N3O2. The third-order valence-electron chi connectivity index (χ3n) is 5.34. The molecular weight excluding hydrogens is 278 g/mol. The second-order valence-electron chi connectivity index (χ2n) is 7.25. The van der Waals surface area contributed by atoms with Gasteiger partial charge < -0.3 is 10.2 Å². The van der Waals surface area contributed by atoms with Crippen molar-refractivity contribution >= 4 is 11.8 Å². The van der Waals surface area contributed by atoms with Gasteiger partial charge in [-0.1, -0.05) is 12.2 Å². The number of likely N-dealkylation sites (N-methyl/N-ethyl adjacent to an activating group) is 1. The van der Waals surface area contributed by atoms with Gasteiger partial charge in [-0.05, 0) is 40.0 Å². The van der Waals surface area contributed by atoms with Gasteiger partial charge in [0.15, 0.2) is 0 Å². The van der Waals surface area contributed by atoms with Crippen LogP contribution in [0.5, 0.6) is 0 Å². The Morgan fingerprint density at radius 2 is 1.82 bits per heavy atom. The lowest BCUT2D eigenvalue weighted by atomic mass is 9.84. The zero-order chi connectivity index (χ0) is 16.5. The number of nitrogens with one attached hydrogen (secondary N) is 1. The van der Waals surface area contributed by atoms with Crippen LogP contribution in [0, 0.1) is 5.41 Å². The summed E-state index contributed by atoms with van der Waals surface area (Å²) in [6.45, 7) is 12.2. The van der Waals surface area contributed by atoms with E-state index in [0.29, 0.717) is 0 Å². The number of rotatable bonds is 4. The minimum absolute atomic E-state index is 0.0495. The zero-order valence-electron chi connectivity index (χ0n) is 14.3. The number of nitrogens with zero attached hydrogens (tertiary/aromatic N) is 2. The van der Waals surface area contributed by atoms with Crippen LogP contribution in [-0.2, 0) is 9.59 Å². The van der Waals surface area contributed by atoms with Crippen LogP contribution in [-0.4, -0.2) is 60.4 Å². The molecule has 0 bridgehead atoms. The minimum Gasteiger partial charge on any atom is -0.353 e. The topological polar surface area (TPSA) is 52.7 Å². The van der Waals surface area contributed by atoms with Crippen molar-refractivity contribution in [3.8, 4) is 0 Å². The van der Waals surface area contributed by atoms with Crippen LogP contribution in [0.4, 0.5) is 0 Å². The monoisotopic (exact) mass is 307 g/mol. The van der Waals surface area contributed by atoms with Crippen molar-refractivity contribution in [3.63, 3.8) is 0 Å².